The predicted octanol–water partition coefficient (Wildman–Crippen LogP) is 5.23. The first kappa shape index (κ1) is 18.8. The SMILES string of the molecule is C[C@@H](Oc1cc(Br)cnc1[N+](=O)[O-])c1cc(F)cc(F)c1-c1ccccn1. The zero-order valence-electron chi connectivity index (χ0n) is 13.9. The summed E-state index contributed by atoms with van der Waals surface area (Å²) in [6.45, 7) is 1.53. The van der Waals surface area contributed by atoms with E-state index < -0.39 is 28.5 Å². The summed E-state index contributed by atoms with van der Waals surface area (Å²) in [6, 6.07) is 8.16. The third-order valence-electron chi connectivity index (χ3n) is 3.72. The molecule has 1 aromatic carbocycles. The lowest BCUT2D eigenvalue weighted by Gasteiger charge is -2.19. The van der Waals surface area contributed by atoms with Gasteiger partial charge in [-0.25, -0.2) is 8.78 Å². The van der Waals surface area contributed by atoms with Crippen LogP contribution < -0.4 is 4.74 Å². The Labute approximate surface area is 161 Å². The number of halogens is 3. The van der Waals surface area contributed by atoms with E-state index in [0.717, 1.165) is 12.1 Å². The van der Waals surface area contributed by atoms with E-state index >= 15 is 0 Å². The van der Waals surface area contributed by atoms with E-state index in [9.17, 15) is 18.9 Å². The van der Waals surface area contributed by atoms with Crippen molar-refractivity contribution in [2.75, 3.05) is 0 Å². The Kier molecular flexibility index (Phi) is 5.41. The fourth-order valence-electron chi connectivity index (χ4n) is 2.59. The van der Waals surface area contributed by atoms with E-state index in [0.29, 0.717) is 10.2 Å². The standard InChI is InChI=1S/C18H12BrF2N3O3/c1-10(27-16-6-11(19)9-23-18(16)24(25)26)13-7-12(20)8-14(21)17(13)15-4-2-3-5-22-15/h2-10H,1H3/t10-/m1/s1. The van der Waals surface area contributed by atoms with Gasteiger partial charge in [-0.1, -0.05) is 6.07 Å². The fraction of sp³-hybridized carbons (Fsp3) is 0.111. The molecule has 0 N–H and O–H groups in total. The molecule has 0 saturated carbocycles. The maximum Gasteiger partial charge on any atom is 0.406 e. The van der Waals surface area contributed by atoms with E-state index in [4.69, 9.17) is 4.74 Å². The molecule has 2 heterocycles. The normalized spacial score (nSPS) is 11.9. The van der Waals surface area contributed by atoms with E-state index in [1.165, 1.54) is 25.4 Å². The Morgan fingerprint density at radius 2 is 2.00 bits per heavy atom. The molecule has 0 saturated heterocycles. The Morgan fingerprint density at radius 1 is 1.22 bits per heavy atom. The van der Waals surface area contributed by atoms with Crippen LogP contribution in [0, 0.1) is 21.7 Å². The zero-order valence-corrected chi connectivity index (χ0v) is 15.5. The minimum absolute atomic E-state index is 0.0649. The van der Waals surface area contributed by atoms with Crippen molar-refractivity contribution in [3.05, 3.63) is 80.6 Å². The summed E-state index contributed by atoms with van der Waals surface area (Å²) >= 11 is 3.17. The van der Waals surface area contributed by atoms with E-state index in [1.54, 1.807) is 18.2 Å². The van der Waals surface area contributed by atoms with Crippen molar-refractivity contribution < 1.29 is 18.4 Å². The number of aromatic nitrogens is 2. The molecule has 3 rings (SSSR count). The van der Waals surface area contributed by atoms with Crippen LogP contribution in [-0.4, -0.2) is 14.9 Å². The van der Waals surface area contributed by atoms with Crippen LogP contribution in [0.5, 0.6) is 5.75 Å². The maximum absolute atomic E-state index is 14.5. The molecule has 1 atom stereocenters. The molecule has 9 heteroatoms. The van der Waals surface area contributed by atoms with Gasteiger partial charge >= 0.3 is 5.82 Å². The lowest BCUT2D eigenvalue weighted by atomic mass is 9.99. The maximum atomic E-state index is 14.5. The summed E-state index contributed by atoms with van der Waals surface area (Å²) < 4.78 is 34.5. The quantitative estimate of drug-likeness (QED) is 0.404. The van der Waals surface area contributed by atoms with Gasteiger partial charge in [-0.2, -0.15) is 0 Å². The van der Waals surface area contributed by atoms with Crippen LogP contribution in [0.25, 0.3) is 11.3 Å². The summed E-state index contributed by atoms with van der Waals surface area (Å²) in [5.41, 5.74) is 0.526. The summed E-state index contributed by atoms with van der Waals surface area (Å²) in [5.74, 6) is -2.22. The molecule has 0 amide bonds. The Balaban J connectivity index is 2.07. The van der Waals surface area contributed by atoms with Crippen LogP contribution in [0.4, 0.5) is 14.6 Å². The van der Waals surface area contributed by atoms with Crippen LogP contribution in [0.2, 0.25) is 0 Å². The Bertz CT molecular complexity index is 1000. The highest BCUT2D eigenvalue weighted by Crippen LogP contribution is 2.36. The van der Waals surface area contributed by atoms with Crippen molar-refractivity contribution in [3.63, 3.8) is 0 Å². The molecule has 0 aliphatic carbocycles. The first-order valence-electron chi connectivity index (χ1n) is 7.73. The Morgan fingerprint density at radius 3 is 2.67 bits per heavy atom. The number of nitrogens with zero attached hydrogens (tertiary/aromatic N) is 3. The lowest BCUT2D eigenvalue weighted by molar-refractivity contribution is -0.390. The number of nitro groups is 1. The molecule has 0 bridgehead atoms. The molecule has 0 radical (unpaired) electrons. The van der Waals surface area contributed by atoms with Gasteiger partial charge < -0.3 is 14.9 Å². The van der Waals surface area contributed by atoms with Crippen LogP contribution in [-0.2, 0) is 0 Å². The monoisotopic (exact) mass is 435 g/mol. The average Bonchev–Trinajstić information content (AvgIpc) is 2.61. The van der Waals surface area contributed by atoms with Crippen molar-refractivity contribution in [2.45, 2.75) is 13.0 Å². The largest absolute Gasteiger partial charge is 0.478 e. The van der Waals surface area contributed by atoms with Crippen LogP contribution in [0.3, 0.4) is 0 Å². The van der Waals surface area contributed by atoms with Crippen molar-refractivity contribution in [1.82, 2.24) is 9.97 Å². The number of ether oxygens (including phenoxy) is 1. The fourth-order valence-corrected chi connectivity index (χ4v) is 2.90. The first-order valence-corrected chi connectivity index (χ1v) is 8.53. The van der Waals surface area contributed by atoms with Crippen molar-refractivity contribution in [3.8, 4) is 17.0 Å². The molecule has 3 aromatic rings. The van der Waals surface area contributed by atoms with Crippen LogP contribution in [0.1, 0.15) is 18.6 Å². The minimum atomic E-state index is -0.915. The summed E-state index contributed by atoms with van der Waals surface area (Å²) in [5, 5.41) is 11.2. The highest BCUT2D eigenvalue weighted by Gasteiger charge is 2.24. The second kappa shape index (κ2) is 7.75. The van der Waals surface area contributed by atoms with Gasteiger partial charge in [0.15, 0.2) is 6.20 Å². The topological polar surface area (TPSA) is 78.2 Å². The van der Waals surface area contributed by atoms with Gasteiger partial charge in [0, 0.05) is 29.5 Å². The summed E-state index contributed by atoms with van der Waals surface area (Å²) in [4.78, 5) is 18.3. The van der Waals surface area contributed by atoms with Gasteiger partial charge in [0.2, 0.25) is 5.75 Å². The molecule has 0 spiro atoms. The third kappa shape index (κ3) is 4.08. The number of hydrogen-bond acceptors (Lipinski definition) is 5. The average molecular weight is 436 g/mol. The van der Waals surface area contributed by atoms with Crippen LogP contribution in [0.15, 0.2) is 53.3 Å². The molecule has 27 heavy (non-hydrogen) atoms. The lowest BCUT2D eigenvalue weighted by Crippen LogP contribution is -2.09. The molecule has 0 aliphatic heterocycles. The minimum Gasteiger partial charge on any atom is -0.478 e. The van der Waals surface area contributed by atoms with Crippen molar-refractivity contribution in [1.29, 1.82) is 0 Å². The number of benzene rings is 1. The van der Waals surface area contributed by atoms with Crippen LogP contribution >= 0.6 is 15.9 Å². The molecular weight excluding hydrogens is 424 g/mol. The van der Waals surface area contributed by atoms with Crippen molar-refractivity contribution in [2.24, 2.45) is 0 Å². The molecular formula is C18H12BrF2N3O3. The van der Waals surface area contributed by atoms with Gasteiger partial charge in [-0.15, -0.1) is 0 Å². The first-order chi connectivity index (χ1) is 12.9. The van der Waals surface area contributed by atoms with E-state index in [2.05, 4.69) is 25.9 Å². The highest BCUT2D eigenvalue weighted by molar-refractivity contribution is 9.10. The van der Waals surface area contributed by atoms with Gasteiger partial charge in [0.25, 0.3) is 0 Å². The van der Waals surface area contributed by atoms with Gasteiger partial charge in [0.1, 0.15) is 17.7 Å². The van der Waals surface area contributed by atoms with Gasteiger partial charge in [0.05, 0.1) is 10.2 Å². The highest BCUT2D eigenvalue weighted by atomic mass is 79.9. The molecule has 0 unspecified atom stereocenters. The van der Waals surface area contributed by atoms with E-state index in [-0.39, 0.29) is 16.9 Å². The van der Waals surface area contributed by atoms with E-state index in [1.807, 2.05) is 0 Å². The molecule has 138 valence electrons. The number of pyridine rings is 2. The number of hydrogen-bond donors (Lipinski definition) is 0. The summed E-state index contributed by atoms with van der Waals surface area (Å²) in [7, 11) is 0. The second-order valence-corrected chi connectivity index (χ2v) is 6.47. The third-order valence-corrected chi connectivity index (χ3v) is 4.15. The predicted molar refractivity (Wildman–Crippen MR) is 97.2 cm³/mol. The molecule has 2 aromatic heterocycles. The zero-order chi connectivity index (χ0) is 19.6. The Hall–Kier alpha value is -2.94. The second-order valence-electron chi connectivity index (χ2n) is 5.56. The molecule has 0 aliphatic rings. The van der Waals surface area contributed by atoms with Gasteiger partial charge in [-0.3, -0.25) is 4.98 Å². The molecule has 0 fully saturated rings. The smallest absolute Gasteiger partial charge is 0.406 e. The van der Waals surface area contributed by atoms with Gasteiger partial charge in [-0.05, 0) is 51.0 Å². The summed E-state index contributed by atoms with van der Waals surface area (Å²) in [6.07, 6.45) is 1.83. The number of rotatable bonds is 5. The molecule has 6 nitrogen and oxygen atoms in total. The van der Waals surface area contributed by atoms with Crippen molar-refractivity contribution >= 4 is 21.7 Å².